The molecular weight excluding hydrogens is 266 g/mol. The molecule has 16 heavy (non-hydrogen) atoms. The number of nitrogen functional groups attached to an aromatic ring is 1. The molecule has 2 N–H and O–H groups in total. The minimum Gasteiger partial charge on any atom is -0.398 e. The molecule has 0 saturated carbocycles. The number of piperazine rings is 1. The van der Waals surface area contributed by atoms with E-state index in [2.05, 4.69) is 38.8 Å². The smallest absolute Gasteiger partial charge is 0.0461 e. The second kappa shape index (κ2) is 5.17. The maximum absolute atomic E-state index is 5.87. The van der Waals surface area contributed by atoms with Crippen LogP contribution in [0.4, 0.5) is 5.69 Å². The van der Waals surface area contributed by atoms with Gasteiger partial charge in [-0.05, 0) is 34.6 Å². The highest BCUT2D eigenvalue weighted by Gasteiger charge is 2.15. The van der Waals surface area contributed by atoms with Gasteiger partial charge in [-0.15, -0.1) is 0 Å². The van der Waals surface area contributed by atoms with Crippen LogP contribution in [0.1, 0.15) is 5.56 Å². The molecule has 1 fully saturated rings. The normalized spacial score (nSPS) is 18.9. The molecule has 0 atom stereocenters. The SMILES string of the molecule is CN1CCN(Cc2cccc(N)c2Br)CC1. The number of nitrogens with two attached hydrogens (primary N) is 1. The molecule has 0 amide bonds. The first-order valence-corrected chi connectivity index (χ1v) is 6.40. The molecule has 0 spiro atoms. The Morgan fingerprint density at radius 1 is 1.25 bits per heavy atom. The first-order chi connectivity index (χ1) is 7.66. The van der Waals surface area contributed by atoms with Crippen molar-refractivity contribution >= 4 is 21.6 Å². The number of likely N-dealkylation sites (N-methyl/N-ethyl adjacent to an activating group) is 1. The summed E-state index contributed by atoms with van der Waals surface area (Å²) in [5.41, 5.74) is 7.98. The van der Waals surface area contributed by atoms with Crippen LogP contribution in [-0.4, -0.2) is 43.0 Å². The Morgan fingerprint density at radius 3 is 2.62 bits per heavy atom. The zero-order valence-electron chi connectivity index (χ0n) is 9.62. The van der Waals surface area contributed by atoms with Gasteiger partial charge in [0.05, 0.1) is 0 Å². The molecule has 1 aromatic carbocycles. The van der Waals surface area contributed by atoms with Gasteiger partial charge in [0.2, 0.25) is 0 Å². The standard InChI is InChI=1S/C12H18BrN3/c1-15-5-7-16(8-6-15)9-10-3-2-4-11(14)12(10)13/h2-4H,5-9,14H2,1H3. The van der Waals surface area contributed by atoms with Gasteiger partial charge >= 0.3 is 0 Å². The number of benzene rings is 1. The van der Waals surface area contributed by atoms with E-state index in [0.29, 0.717) is 0 Å². The number of halogens is 1. The molecule has 0 unspecified atom stereocenters. The van der Waals surface area contributed by atoms with Crippen molar-refractivity contribution in [3.8, 4) is 0 Å². The number of nitrogens with zero attached hydrogens (tertiary/aromatic N) is 2. The Labute approximate surface area is 105 Å². The number of hydrogen-bond donors (Lipinski definition) is 1. The number of anilines is 1. The van der Waals surface area contributed by atoms with Crippen molar-refractivity contribution < 1.29 is 0 Å². The molecule has 0 radical (unpaired) electrons. The molecule has 2 rings (SSSR count). The maximum atomic E-state index is 5.87. The lowest BCUT2D eigenvalue weighted by atomic mass is 10.2. The van der Waals surface area contributed by atoms with Crippen LogP contribution in [0.2, 0.25) is 0 Å². The monoisotopic (exact) mass is 283 g/mol. The molecule has 1 saturated heterocycles. The van der Waals surface area contributed by atoms with Gasteiger partial charge in [-0.3, -0.25) is 4.90 Å². The Morgan fingerprint density at radius 2 is 1.94 bits per heavy atom. The summed E-state index contributed by atoms with van der Waals surface area (Å²) >= 11 is 3.56. The lowest BCUT2D eigenvalue weighted by molar-refractivity contribution is 0.148. The molecule has 1 aliphatic heterocycles. The largest absolute Gasteiger partial charge is 0.398 e. The van der Waals surface area contributed by atoms with Crippen LogP contribution < -0.4 is 5.73 Å². The molecule has 88 valence electrons. The van der Waals surface area contributed by atoms with Crippen molar-refractivity contribution in [2.24, 2.45) is 0 Å². The third kappa shape index (κ3) is 2.75. The maximum Gasteiger partial charge on any atom is 0.0461 e. The fourth-order valence-corrected chi connectivity index (χ4v) is 2.36. The van der Waals surface area contributed by atoms with E-state index in [1.807, 2.05) is 12.1 Å². The first kappa shape index (κ1) is 11.9. The number of rotatable bonds is 2. The Balaban J connectivity index is 2.01. The van der Waals surface area contributed by atoms with Crippen LogP contribution in [0.15, 0.2) is 22.7 Å². The van der Waals surface area contributed by atoms with E-state index in [1.54, 1.807) is 0 Å². The fraction of sp³-hybridized carbons (Fsp3) is 0.500. The van der Waals surface area contributed by atoms with Crippen LogP contribution in [0.5, 0.6) is 0 Å². The summed E-state index contributed by atoms with van der Waals surface area (Å²) in [4.78, 5) is 4.84. The average molecular weight is 284 g/mol. The van der Waals surface area contributed by atoms with Crippen molar-refractivity contribution in [1.82, 2.24) is 9.80 Å². The van der Waals surface area contributed by atoms with Crippen molar-refractivity contribution in [2.75, 3.05) is 39.0 Å². The third-order valence-electron chi connectivity index (χ3n) is 3.10. The van der Waals surface area contributed by atoms with Crippen LogP contribution in [0.3, 0.4) is 0 Å². The lowest BCUT2D eigenvalue weighted by Gasteiger charge is -2.32. The predicted molar refractivity (Wildman–Crippen MR) is 71.3 cm³/mol. The number of hydrogen-bond acceptors (Lipinski definition) is 3. The summed E-state index contributed by atoms with van der Waals surface area (Å²) in [7, 11) is 2.17. The van der Waals surface area contributed by atoms with Gasteiger partial charge in [0, 0.05) is 42.9 Å². The molecule has 4 heteroatoms. The van der Waals surface area contributed by atoms with E-state index in [0.717, 1.165) is 42.9 Å². The second-order valence-electron chi connectivity index (χ2n) is 4.40. The highest BCUT2D eigenvalue weighted by atomic mass is 79.9. The summed E-state index contributed by atoms with van der Waals surface area (Å²) < 4.78 is 1.05. The Kier molecular flexibility index (Phi) is 3.84. The van der Waals surface area contributed by atoms with Crippen LogP contribution in [0.25, 0.3) is 0 Å². The minimum atomic E-state index is 0.826. The second-order valence-corrected chi connectivity index (χ2v) is 5.19. The average Bonchev–Trinajstić information content (AvgIpc) is 2.28. The van der Waals surface area contributed by atoms with Gasteiger partial charge in [0.15, 0.2) is 0 Å². The van der Waals surface area contributed by atoms with Crippen molar-refractivity contribution in [3.05, 3.63) is 28.2 Å². The lowest BCUT2D eigenvalue weighted by Crippen LogP contribution is -2.43. The van der Waals surface area contributed by atoms with Crippen LogP contribution >= 0.6 is 15.9 Å². The Bertz CT molecular complexity index is 359. The zero-order chi connectivity index (χ0) is 11.5. The van der Waals surface area contributed by atoms with E-state index in [1.165, 1.54) is 5.56 Å². The summed E-state index contributed by atoms with van der Waals surface area (Å²) in [6.07, 6.45) is 0. The fourth-order valence-electron chi connectivity index (χ4n) is 1.97. The van der Waals surface area contributed by atoms with Crippen molar-refractivity contribution in [3.63, 3.8) is 0 Å². The summed E-state index contributed by atoms with van der Waals surface area (Å²) in [5, 5.41) is 0. The van der Waals surface area contributed by atoms with Gasteiger partial charge in [0.25, 0.3) is 0 Å². The van der Waals surface area contributed by atoms with Gasteiger partial charge < -0.3 is 10.6 Å². The highest BCUT2D eigenvalue weighted by Crippen LogP contribution is 2.25. The molecule has 0 bridgehead atoms. The summed E-state index contributed by atoms with van der Waals surface area (Å²) in [5.74, 6) is 0. The quantitative estimate of drug-likeness (QED) is 0.840. The Hall–Kier alpha value is -0.580. The van der Waals surface area contributed by atoms with E-state index >= 15 is 0 Å². The highest BCUT2D eigenvalue weighted by molar-refractivity contribution is 9.10. The van der Waals surface area contributed by atoms with E-state index in [9.17, 15) is 0 Å². The topological polar surface area (TPSA) is 32.5 Å². The van der Waals surface area contributed by atoms with Gasteiger partial charge in [-0.2, -0.15) is 0 Å². The van der Waals surface area contributed by atoms with Crippen LogP contribution in [-0.2, 0) is 6.54 Å². The van der Waals surface area contributed by atoms with Gasteiger partial charge in [0.1, 0.15) is 0 Å². The molecule has 3 nitrogen and oxygen atoms in total. The van der Waals surface area contributed by atoms with Crippen LogP contribution in [0, 0.1) is 0 Å². The van der Waals surface area contributed by atoms with Gasteiger partial charge in [-0.1, -0.05) is 12.1 Å². The molecule has 0 aromatic heterocycles. The molecule has 0 aliphatic carbocycles. The summed E-state index contributed by atoms with van der Waals surface area (Å²) in [6, 6.07) is 6.09. The zero-order valence-corrected chi connectivity index (χ0v) is 11.2. The van der Waals surface area contributed by atoms with E-state index < -0.39 is 0 Å². The first-order valence-electron chi connectivity index (χ1n) is 5.60. The third-order valence-corrected chi connectivity index (χ3v) is 4.07. The van der Waals surface area contributed by atoms with Crippen molar-refractivity contribution in [1.29, 1.82) is 0 Å². The van der Waals surface area contributed by atoms with Gasteiger partial charge in [-0.25, -0.2) is 0 Å². The molecular formula is C12H18BrN3. The predicted octanol–water partition coefficient (Wildman–Crippen LogP) is 1.78. The van der Waals surface area contributed by atoms with E-state index in [-0.39, 0.29) is 0 Å². The minimum absolute atomic E-state index is 0.826. The molecule has 1 heterocycles. The molecule has 1 aromatic rings. The molecule has 1 aliphatic rings. The summed E-state index contributed by atoms with van der Waals surface area (Å²) in [6.45, 7) is 5.56. The van der Waals surface area contributed by atoms with E-state index in [4.69, 9.17) is 5.73 Å². The van der Waals surface area contributed by atoms with Crippen molar-refractivity contribution in [2.45, 2.75) is 6.54 Å².